The van der Waals surface area contributed by atoms with E-state index in [9.17, 15) is 8.42 Å². The number of hydrogen-bond donors (Lipinski definition) is 1. The van der Waals surface area contributed by atoms with Gasteiger partial charge in [-0.2, -0.15) is 4.98 Å². The standard InChI is InChI=1S/C18H19N3O5S.ClH/c1-4-25-17-8-6-5-7-15(17)21-27(22,23)13-9-10-16(24-3)14(11-13)18-19-12(2)26-20-18;/h5-11,21H,4H2,1-3H3;1H. The molecule has 150 valence electrons. The highest BCUT2D eigenvalue weighted by molar-refractivity contribution is 7.92. The van der Waals surface area contributed by atoms with E-state index in [0.717, 1.165) is 0 Å². The fraction of sp³-hybridized carbons (Fsp3) is 0.222. The summed E-state index contributed by atoms with van der Waals surface area (Å²) in [7, 11) is -2.39. The Morgan fingerprint density at radius 2 is 1.89 bits per heavy atom. The van der Waals surface area contributed by atoms with Crippen LogP contribution in [0.1, 0.15) is 12.8 Å². The molecule has 0 amide bonds. The van der Waals surface area contributed by atoms with Gasteiger partial charge >= 0.3 is 0 Å². The molecule has 8 nitrogen and oxygen atoms in total. The number of benzene rings is 2. The van der Waals surface area contributed by atoms with Gasteiger partial charge in [0.15, 0.2) is 0 Å². The van der Waals surface area contributed by atoms with Crippen LogP contribution in [-0.2, 0) is 10.0 Å². The molecule has 0 saturated heterocycles. The predicted octanol–water partition coefficient (Wildman–Crippen LogP) is 3.67. The molecule has 0 unspecified atom stereocenters. The normalized spacial score (nSPS) is 10.8. The molecule has 28 heavy (non-hydrogen) atoms. The monoisotopic (exact) mass is 425 g/mol. The summed E-state index contributed by atoms with van der Waals surface area (Å²) in [4.78, 5) is 4.18. The third kappa shape index (κ3) is 4.55. The molecule has 0 fully saturated rings. The highest BCUT2D eigenvalue weighted by atomic mass is 35.5. The highest BCUT2D eigenvalue weighted by Crippen LogP contribution is 2.32. The molecule has 0 spiro atoms. The van der Waals surface area contributed by atoms with E-state index < -0.39 is 10.0 Å². The lowest BCUT2D eigenvalue weighted by Crippen LogP contribution is -2.14. The third-order valence-corrected chi connectivity index (χ3v) is 5.04. The van der Waals surface area contributed by atoms with Gasteiger partial charge in [0, 0.05) is 6.92 Å². The summed E-state index contributed by atoms with van der Waals surface area (Å²) in [6.45, 7) is 3.90. The van der Waals surface area contributed by atoms with E-state index in [1.165, 1.54) is 19.2 Å². The molecule has 10 heteroatoms. The molecule has 0 bridgehead atoms. The van der Waals surface area contributed by atoms with Gasteiger partial charge in [0.05, 0.1) is 29.9 Å². The minimum Gasteiger partial charge on any atom is -0.496 e. The van der Waals surface area contributed by atoms with Gasteiger partial charge in [0.2, 0.25) is 11.7 Å². The van der Waals surface area contributed by atoms with Crippen molar-refractivity contribution in [1.29, 1.82) is 0 Å². The first-order valence-electron chi connectivity index (χ1n) is 8.18. The SMILES string of the molecule is CCOc1ccccc1NS(=O)(=O)c1ccc(OC)c(-c2noc(C)n2)c1.Cl. The molecule has 3 rings (SSSR count). The summed E-state index contributed by atoms with van der Waals surface area (Å²) in [5.74, 6) is 1.50. The first-order valence-corrected chi connectivity index (χ1v) is 9.66. The van der Waals surface area contributed by atoms with Crippen LogP contribution in [0.2, 0.25) is 0 Å². The number of halogens is 1. The summed E-state index contributed by atoms with van der Waals surface area (Å²) >= 11 is 0. The van der Waals surface area contributed by atoms with E-state index in [1.807, 2.05) is 6.92 Å². The zero-order valence-electron chi connectivity index (χ0n) is 15.5. The zero-order valence-corrected chi connectivity index (χ0v) is 17.1. The van der Waals surface area contributed by atoms with Crippen LogP contribution in [-0.4, -0.2) is 32.3 Å². The van der Waals surface area contributed by atoms with Gasteiger partial charge in [-0.1, -0.05) is 17.3 Å². The summed E-state index contributed by atoms with van der Waals surface area (Å²) in [6.07, 6.45) is 0. The highest BCUT2D eigenvalue weighted by Gasteiger charge is 2.21. The molecule has 2 aromatic carbocycles. The van der Waals surface area contributed by atoms with Gasteiger partial charge in [0.25, 0.3) is 10.0 Å². The molecule has 1 heterocycles. The number of sulfonamides is 1. The van der Waals surface area contributed by atoms with Crippen molar-refractivity contribution in [2.24, 2.45) is 0 Å². The van der Waals surface area contributed by atoms with Crippen LogP contribution >= 0.6 is 12.4 Å². The lowest BCUT2D eigenvalue weighted by molar-refractivity contribution is 0.342. The maximum atomic E-state index is 12.9. The van der Waals surface area contributed by atoms with E-state index in [0.29, 0.717) is 35.2 Å². The summed E-state index contributed by atoms with van der Waals surface area (Å²) in [6, 6.07) is 11.3. The molecular weight excluding hydrogens is 406 g/mol. The molecule has 1 N–H and O–H groups in total. The van der Waals surface area contributed by atoms with Crippen molar-refractivity contribution >= 4 is 28.1 Å². The van der Waals surface area contributed by atoms with Gasteiger partial charge in [-0.15, -0.1) is 12.4 Å². The second-order valence-corrected chi connectivity index (χ2v) is 7.22. The van der Waals surface area contributed by atoms with E-state index >= 15 is 0 Å². The summed E-state index contributed by atoms with van der Waals surface area (Å²) in [5, 5.41) is 3.84. The minimum absolute atomic E-state index is 0. The number of nitrogens with zero attached hydrogens (tertiary/aromatic N) is 2. The largest absolute Gasteiger partial charge is 0.496 e. The second-order valence-electron chi connectivity index (χ2n) is 5.53. The fourth-order valence-electron chi connectivity index (χ4n) is 2.47. The van der Waals surface area contributed by atoms with E-state index in [2.05, 4.69) is 14.9 Å². The third-order valence-electron chi connectivity index (χ3n) is 3.68. The lowest BCUT2D eigenvalue weighted by Gasteiger charge is -2.14. The van der Waals surface area contributed by atoms with Gasteiger partial charge in [-0.05, 0) is 37.3 Å². The molecule has 0 radical (unpaired) electrons. The summed E-state index contributed by atoms with van der Waals surface area (Å²) in [5.41, 5.74) is 0.766. The fourth-order valence-corrected chi connectivity index (χ4v) is 3.57. The number of aryl methyl sites for hydroxylation is 1. The Kier molecular flexibility index (Phi) is 6.87. The van der Waals surface area contributed by atoms with Crippen molar-refractivity contribution in [3.8, 4) is 22.9 Å². The van der Waals surface area contributed by atoms with Gasteiger partial charge in [-0.25, -0.2) is 8.42 Å². The Balaban J connectivity index is 0.00000280. The van der Waals surface area contributed by atoms with Crippen molar-refractivity contribution in [3.63, 3.8) is 0 Å². The number of rotatable bonds is 7. The molecule has 0 aliphatic carbocycles. The summed E-state index contributed by atoms with van der Waals surface area (Å²) < 4.78 is 44.0. The van der Waals surface area contributed by atoms with Crippen LogP contribution in [0.15, 0.2) is 51.9 Å². The maximum Gasteiger partial charge on any atom is 0.262 e. The van der Waals surface area contributed by atoms with Crippen LogP contribution in [0.4, 0.5) is 5.69 Å². The predicted molar refractivity (Wildman–Crippen MR) is 107 cm³/mol. The van der Waals surface area contributed by atoms with Gasteiger partial charge in [0.1, 0.15) is 11.5 Å². The first-order chi connectivity index (χ1) is 12.9. The molecule has 0 atom stereocenters. The number of anilines is 1. The molecule has 0 aliphatic heterocycles. The number of hydrogen-bond acceptors (Lipinski definition) is 7. The number of methoxy groups -OCH3 is 1. The molecule has 1 aromatic heterocycles. The smallest absolute Gasteiger partial charge is 0.262 e. The van der Waals surface area contributed by atoms with E-state index in [1.54, 1.807) is 37.3 Å². The maximum absolute atomic E-state index is 12.9. The van der Waals surface area contributed by atoms with Gasteiger partial charge < -0.3 is 14.0 Å². The van der Waals surface area contributed by atoms with Crippen molar-refractivity contribution in [3.05, 3.63) is 48.4 Å². The van der Waals surface area contributed by atoms with Crippen LogP contribution < -0.4 is 14.2 Å². The van der Waals surface area contributed by atoms with Crippen molar-refractivity contribution in [1.82, 2.24) is 10.1 Å². The topological polar surface area (TPSA) is 104 Å². The Morgan fingerprint density at radius 3 is 2.54 bits per heavy atom. The van der Waals surface area contributed by atoms with Crippen LogP contribution in [0, 0.1) is 6.92 Å². The molecule has 0 saturated carbocycles. The van der Waals surface area contributed by atoms with E-state index in [4.69, 9.17) is 14.0 Å². The second kappa shape index (κ2) is 8.94. The Hall–Kier alpha value is -2.78. The number of aromatic nitrogens is 2. The first kappa shape index (κ1) is 21.5. The Bertz CT molecular complexity index is 1050. The van der Waals surface area contributed by atoms with E-state index in [-0.39, 0.29) is 23.1 Å². The number of para-hydroxylation sites is 2. The molecule has 3 aromatic rings. The van der Waals surface area contributed by atoms with Crippen LogP contribution in [0.3, 0.4) is 0 Å². The quantitative estimate of drug-likeness (QED) is 0.615. The lowest BCUT2D eigenvalue weighted by atomic mass is 10.2. The van der Waals surface area contributed by atoms with Crippen molar-refractivity contribution < 1.29 is 22.4 Å². The van der Waals surface area contributed by atoms with Crippen molar-refractivity contribution in [2.45, 2.75) is 18.7 Å². The van der Waals surface area contributed by atoms with Crippen LogP contribution in [0.25, 0.3) is 11.4 Å². The molecule has 0 aliphatic rings. The zero-order chi connectivity index (χ0) is 19.4. The average Bonchev–Trinajstić information content (AvgIpc) is 3.09. The van der Waals surface area contributed by atoms with Crippen LogP contribution in [0.5, 0.6) is 11.5 Å². The van der Waals surface area contributed by atoms with Gasteiger partial charge in [-0.3, -0.25) is 4.72 Å². The average molecular weight is 426 g/mol. The van der Waals surface area contributed by atoms with Crippen molar-refractivity contribution in [2.75, 3.05) is 18.4 Å². The Morgan fingerprint density at radius 1 is 1.14 bits per heavy atom. The number of nitrogens with one attached hydrogen (secondary N) is 1. The Labute approximate surface area is 169 Å². The minimum atomic E-state index is -3.87. The number of ether oxygens (including phenoxy) is 2. The molecular formula is C18H20ClN3O5S.